The van der Waals surface area contributed by atoms with Crippen molar-refractivity contribution < 1.29 is 4.79 Å². The Balaban J connectivity index is 1.84. The van der Waals surface area contributed by atoms with Crippen molar-refractivity contribution in [2.24, 2.45) is 5.92 Å². The molecule has 6 heteroatoms. The average Bonchev–Trinajstić information content (AvgIpc) is 3.22. The SMILES string of the molecule is CC(C#N)(NC(=O)CSc1ccc(Br)cn1)C1CC1. The van der Waals surface area contributed by atoms with E-state index in [1.807, 2.05) is 12.1 Å². The highest BCUT2D eigenvalue weighted by Crippen LogP contribution is 2.39. The van der Waals surface area contributed by atoms with Crippen molar-refractivity contribution in [1.29, 1.82) is 5.26 Å². The van der Waals surface area contributed by atoms with Crippen LogP contribution in [0.5, 0.6) is 0 Å². The van der Waals surface area contributed by atoms with Gasteiger partial charge in [0.1, 0.15) is 5.54 Å². The Labute approximate surface area is 125 Å². The fourth-order valence-electron chi connectivity index (χ4n) is 1.79. The van der Waals surface area contributed by atoms with E-state index in [2.05, 4.69) is 32.3 Å². The molecule has 1 aromatic heterocycles. The average molecular weight is 340 g/mol. The van der Waals surface area contributed by atoms with Gasteiger partial charge in [-0.05, 0) is 53.7 Å². The van der Waals surface area contributed by atoms with E-state index in [1.54, 1.807) is 13.1 Å². The predicted octanol–water partition coefficient (Wildman–Crippen LogP) is 2.74. The number of aromatic nitrogens is 1. The second-order valence-electron chi connectivity index (χ2n) is 4.74. The Morgan fingerprint density at radius 1 is 1.68 bits per heavy atom. The Morgan fingerprint density at radius 2 is 2.42 bits per heavy atom. The molecular formula is C13H14BrN3OS. The Hall–Kier alpha value is -1.06. The molecule has 19 heavy (non-hydrogen) atoms. The monoisotopic (exact) mass is 339 g/mol. The fourth-order valence-corrected chi connectivity index (χ4v) is 2.67. The maximum atomic E-state index is 11.9. The van der Waals surface area contributed by atoms with Gasteiger partial charge in [0.2, 0.25) is 5.91 Å². The number of carbonyl (C=O) groups excluding carboxylic acids is 1. The summed E-state index contributed by atoms with van der Waals surface area (Å²) in [7, 11) is 0. The number of pyridine rings is 1. The number of hydrogen-bond donors (Lipinski definition) is 1. The smallest absolute Gasteiger partial charge is 0.231 e. The molecule has 4 nitrogen and oxygen atoms in total. The lowest BCUT2D eigenvalue weighted by Gasteiger charge is -2.22. The molecule has 1 amide bonds. The van der Waals surface area contributed by atoms with Crippen molar-refractivity contribution in [1.82, 2.24) is 10.3 Å². The van der Waals surface area contributed by atoms with Crippen molar-refractivity contribution in [3.8, 4) is 6.07 Å². The molecule has 1 unspecified atom stereocenters. The van der Waals surface area contributed by atoms with Crippen LogP contribution in [0.3, 0.4) is 0 Å². The lowest BCUT2D eigenvalue weighted by Crippen LogP contribution is -2.47. The third kappa shape index (κ3) is 3.95. The molecule has 1 aromatic rings. The molecule has 0 aromatic carbocycles. The minimum Gasteiger partial charge on any atom is -0.337 e. The van der Waals surface area contributed by atoms with Crippen LogP contribution in [0.15, 0.2) is 27.8 Å². The summed E-state index contributed by atoms with van der Waals surface area (Å²) >= 11 is 4.68. The molecule has 1 aliphatic carbocycles. The van der Waals surface area contributed by atoms with Crippen LogP contribution in [0.2, 0.25) is 0 Å². The quantitative estimate of drug-likeness (QED) is 0.837. The van der Waals surface area contributed by atoms with E-state index in [-0.39, 0.29) is 11.7 Å². The number of nitriles is 1. The summed E-state index contributed by atoms with van der Waals surface area (Å²) in [6, 6.07) is 5.95. The number of amides is 1. The zero-order valence-electron chi connectivity index (χ0n) is 10.5. The molecule has 0 aliphatic heterocycles. The molecule has 1 atom stereocenters. The number of thioether (sulfide) groups is 1. The Bertz CT molecular complexity index is 510. The van der Waals surface area contributed by atoms with Crippen molar-refractivity contribution in [2.45, 2.75) is 30.3 Å². The van der Waals surface area contributed by atoms with E-state index in [0.717, 1.165) is 22.3 Å². The van der Waals surface area contributed by atoms with Gasteiger partial charge in [-0.1, -0.05) is 11.8 Å². The lowest BCUT2D eigenvalue weighted by atomic mass is 9.98. The fraction of sp³-hybridized carbons (Fsp3) is 0.462. The molecule has 1 saturated carbocycles. The highest BCUT2D eigenvalue weighted by atomic mass is 79.9. The molecule has 1 heterocycles. The molecule has 0 radical (unpaired) electrons. The normalized spacial score (nSPS) is 17.3. The summed E-state index contributed by atoms with van der Waals surface area (Å²) in [6.45, 7) is 1.80. The van der Waals surface area contributed by atoms with Gasteiger partial charge in [-0.2, -0.15) is 5.26 Å². The van der Waals surface area contributed by atoms with Crippen molar-refractivity contribution in [3.05, 3.63) is 22.8 Å². The summed E-state index contributed by atoms with van der Waals surface area (Å²) < 4.78 is 0.909. The van der Waals surface area contributed by atoms with Gasteiger partial charge in [0.25, 0.3) is 0 Å². The van der Waals surface area contributed by atoms with Crippen LogP contribution in [-0.2, 0) is 4.79 Å². The van der Waals surface area contributed by atoms with Crippen molar-refractivity contribution >= 4 is 33.6 Å². The summed E-state index contributed by atoms with van der Waals surface area (Å²) in [5.41, 5.74) is -0.717. The zero-order chi connectivity index (χ0) is 13.9. The Morgan fingerprint density at radius 3 is 2.95 bits per heavy atom. The van der Waals surface area contributed by atoms with Gasteiger partial charge in [-0.15, -0.1) is 0 Å². The molecule has 1 N–H and O–H groups in total. The summed E-state index contributed by atoms with van der Waals surface area (Å²) in [4.78, 5) is 16.1. The van der Waals surface area contributed by atoms with Crippen LogP contribution in [0.25, 0.3) is 0 Å². The van der Waals surface area contributed by atoms with Crippen molar-refractivity contribution in [2.75, 3.05) is 5.75 Å². The first-order chi connectivity index (χ1) is 9.03. The summed E-state index contributed by atoms with van der Waals surface area (Å²) in [5.74, 6) is 0.460. The summed E-state index contributed by atoms with van der Waals surface area (Å²) in [6.07, 6.45) is 3.74. The number of hydrogen-bond acceptors (Lipinski definition) is 4. The van der Waals surface area contributed by atoms with Gasteiger partial charge in [-0.25, -0.2) is 4.98 Å². The number of nitrogens with zero attached hydrogens (tertiary/aromatic N) is 2. The standard InChI is InChI=1S/C13H14BrN3OS/c1-13(8-15,9-2-3-9)17-11(18)7-19-12-5-4-10(14)6-16-12/h4-6,9H,2-3,7H2,1H3,(H,17,18). The van der Waals surface area contributed by atoms with Crippen LogP contribution in [0, 0.1) is 17.2 Å². The second-order valence-corrected chi connectivity index (χ2v) is 6.65. The maximum Gasteiger partial charge on any atom is 0.231 e. The van der Waals surface area contributed by atoms with Gasteiger partial charge in [0, 0.05) is 10.7 Å². The van der Waals surface area contributed by atoms with Gasteiger partial charge < -0.3 is 5.32 Å². The van der Waals surface area contributed by atoms with Crippen molar-refractivity contribution in [3.63, 3.8) is 0 Å². The largest absolute Gasteiger partial charge is 0.337 e. The molecule has 0 bridgehead atoms. The summed E-state index contributed by atoms with van der Waals surface area (Å²) in [5, 5.41) is 12.8. The van der Waals surface area contributed by atoms with Crippen LogP contribution in [-0.4, -0.2) is 22.2 Å². The lowest BCUT2D eigenvalue weighted by molar-refractivity contribution is -0.119. The number of halogens is 1. The topological polar surface area (TPSA) is 65.8 Å². The number of nitrogens with one attached hydrogen (secondary N) is 1. The zero-order valence-corrected chi connectivity index (χ0v) is 12.9. The third-order valence-corrected chi connectivity index (χ3v) is 4.49. The molecule has 100 valence electrons. The van der Waals surface area contributed by atoms with Crippen LogP contribution < -0.4 is 5.32 Å². The second kappa shape index (κ2) is 5.93. The van der Waals surface area contributed by atoms with Crippen LogP contribution in [0.1, 0.15) is 19.8 Å². The van der Waals surface area contributed by atoms with Gasteiger partial charge in [-0.3, -0.25) is 4.79 Å². The van der Waals surface area contributed by atoms with E-state index in [9.17, 15) is 10.1 Å². The molecule has 1 aliphatic rings. The number of carbonyl (C=O) groups is 1. The molecular weight excluding hydrogens is 326 g/mol. The van der Waals surface area contributed by atoms with E-state index in [0.29, 0.717) is 5.92 Å². The van der Waals surface area contributed by atoms with Gasteiger partial charge in [0.05, 0.1) is 16.8 Å². The van der Waals surface area contributed by atoms with Gasteiger partial charge >= 0.3 is 0 Å². The molecule has 1 fully saturated rings. The first kappa shape index (κ1) is 14.4. The van der Waals surface area contributed by atoms with Crippen LogP contribution in [0.4, 0.5) is 0 Å². The molecule has 0 spiro atoms. The first-order valence-electron chi connectivity index (χ1n) is 6.00. The van der Waals surface area contributed by atoms with E-state index < -0.39 is 5.54 Å². The van der Waals surface area contributed by atoms with Crippen LogP contribution >= 0.6 is 27.7 Å². The highest BCUT2D eigenvalue weighted by Gasteiger charge is 2.42. The van der Waals surface area contributed by atoms with Gasteiger partial charge in [0.15, 0.2) is 0 Å². The minimum absolute atomic E-state index is 0.120. The van der Waals surface area contributed by atoms with E-state index >= 15 is 0 Å². The first-order valence-corrected chi connectivity index (χ1v) is 7.78. The Kier molecular flexibility index (Phi) is 4.48. The molecule has 0 saturated heterocycles. The van der Waals surface area contributed by atoms with E-state index in [1.165, 1.54) is 11.8 Å². The maximum absolute atomic E-state index is 11.9. The predicted molar refractivity (Wildman–Crippen MR) is 77.5 cm³/mol. The highest BCUT2D eigenvalue weighted by molar-refractivity contribution is 9.10. The third-order valence-electron chi connectivity index (χ3n) is 3.08. The number of rotatable bonds is 5. The van der Waals surface area contributed by atoms with E-state index in [4.69, 9.17) is 0 Å². The minimum atomic E-state index is -0.717. The molecule has 2 rings (SSSR count).